The summed E-state index contributed by atoms with van der Waals surface area (Å²) in [6, 6.07) is 15.4. The summed E-state index contributed by atoms with van der Waals surface area (Å²) in [6.07, 6.45) is -6.92. The van der Waals surface area contributed by atoms with Crippen molar-refractivity contribution in [2.75, 3.05) is 13.7 Å². The smallest absolute Gasteiger partial charge is 0.338 e. The number of hydrogen-bond acceptors (Lipinski definition) is 7. The van der Waals surface area contributed by atoms with Crippen LogP contribution in [0.5, 0.6) is 0 Å². The second kappa shape index (κ2) is 9.54. The van der Waals surface area contributed by atoms with E-state index in [-0.39, 0.29) is 12.0 Å². The Morgan fingerprint density at radius 2 is 1.79 bits per heavy atom. The van der Waals surface area contributed by atoms with Crippen LogP contribution in [0, 0.1) is 5.82 Å². The first-order valence-corrected chi connectivity index (χ1v) is 10.5. The summed E-state index contributed by atoms with van der Waals surface area (Å²) in [5.74, 6) is -1.15. The van der Waals surface area contributed by atoms with Crippen LogP contribution in [0.1, 0.15) is 33.2 Å². The molecule has 8 heteroatoms. The number of esters is 1. The van der Waals surface area contributed by atoms with E-state index >= 15 is 0 Å². The number of aliphatic hydroxyl groups excluding tert-OH is 4. The van der Waals surface area contributed by atoms with Crippen molar-refractivity contribution in [1.29, 1.82) is 0 Å². The van der Waals surface area contributed by atoms with Crippen LogP contribution in [-0.4, -0.2) is 64.5 Å². The Bertz CT molecular complexity index is 1120. The molecule has 4 rings (SSSR count). The Kier molecular flexibility index (Phi) is 6.73. The molecule has 0 aromatic heterocycles. The van der Waals surface area contributed by atoms with Crippen LogP contribution >= 0.6 is 0 Å². The maximum absolute atomic E-state index is 14.7. The van der Waals surface area contributed by atoms with Gasteiger partial charge in [-0.05, 0) is 46.9 Å². The molecule has 0 amide bonds. The van der Waals surface area contributed by atoms with E-state index in [2.05, 4.69) is 0 Å². The highest BCUT2D eigenvalue weighted by Gasteiger charge is 2.44. The molecule has 174 valence electrons. The van der Waals surface area contributed by atoms with E-state index in [4.69, 9.17) is 9.47 Å². The van der Waals surface area contributed by atoms with Gasteiger partial charge in [-0.2, -0.15) is 0 Å². The Hall–Kier alpha value is -2.88. The number of hydrogen-bond donors (Lipinski definition) is 4. The van der Waals surface area contributed by atoms with Gasteiger partial charge in [-0.1, -0.05) is 36.4 Å². The van der Waals surface area contributed by atoms with Crippen molar-refractivity contribution >= 4 is 5.97 Å². The van der Waals surface area contributed by atoms with Gasteiger partial charge >= 0.3 is 5.97 Å². The van der Waals surface area contributed by atoms with Crippen LogP contribution in [0.3, 0.4) is 0 Å². The van der Waals surface area contributed by atoms with Gasteiger partial charge in [-0.15, -0.1) is 0 Å². The summed E-state index contributed by atoms with van der Waals surface area (Å²) in [6.45, 7) is -0.608. The number of aliphatic hydroxyl groups is 4. The van der Waals surface area contributed by atoms with Crippen LogP contribution in [-0.2, 0) is 15.9 Å². The molecule has 1 fully saturated rings. The van der Waals surface area contributed by atoms with Crippen molar-refractivity contribution in [2.45, 2.75) is 36.9 Å². The highest BCUT2D eigenvalue weighted by molar-refractivity contribution is 6.01. The van der Waals surface area contributed by atoms with E-state index in [1.807, 2.05) is 36.4 Å². The van der Waals surface area contributed by atoms with Crippen molar-refractivity contribution in [2.24, 2.45) is 0 Å². The molecule has 0 bridgehead atoms. The minimum absolute atomic E-state index is 0.0217. The summed E-state index contributed by atoms with van der Waals surface area (Å²) >= 11 is 0. The molecule has 7 nitrogen and oxygen atoms in total. The van der Waals surface area contributed by atoms with Crippen molar-refractivity contribution < 1.29 is 39.1 Å². The lowest BCUT2D eigenvalue weighted by atomic mass is 9.89. The quantitative estimate of drug-likeness (QED) is 0.433. The first-order chi connectivity index (χ1) is 15.8. The SMILES string of the molecule is COC(=O)c1c(Cc2ccc(F)c([C@@H]3O[C@H](CO)[C@@H](O)[C@H](O)[C@H]3O)c2)cc2cccccc1-2. The summed E-state index contributed by atoms with van der Waals surface area (Å²) in [5, 5.41) is 39.9. The first kappa shape index (κ1) is 23.3. The third-order valence-electron chi connectivity index (χ3n) is 6.04. The normalized spacial score (nSPS) is 25.2. The Labute approximate surface area is 190 Å². The third-order valence-corrected chi connectivity index (χ3v) is 6.04. The average Bonchev–Trinajstić information content (AvgIpc) is 2.98. The van der Waals surface area contributed by atoms with Crippen molar-refractivity contribution in [1.82, 2.24) is 0 Å². The molecule has 0 radical (unpaired) electrons. The molecule has 3 aliphatic rings. The zero-order valence-electron chi connectivity index (χ0n) is 17.9. The number of methoxy groups -OCH3 is 1. The maximum atomic E-state index is 14.7. The first-order valence-electron chi connectivity index (χ1n) is 10.5. The van der Waals surface area contributed by atoms with Gasteiger partial charge in [0.25, 0.3) is 0 Å². The lowest BCUT2D eigenvalue weighted by Crippen LogP contribution is -2.55. The number of carbonyl (C=O) groups excluding carboxylic acids is 1. The Morgan fingerprint density at radius 3 is 2.52 bits per heavy atom. The van der Waals surface area contributed by atoms with Gasteiger partial charge in [0.15, 0.2) is 0 Å². The largest absolute Gasteiger partial charge is 0.465 e. The molecule has 0 unspecified atom stereocenters. The van der Waals surface area contributed by atoms with Crippen LogP contribution in [0.4, 0.5) is 4.39 Å². The van der Waals surface area contributed by atoms with E-state index in [0.29, 0.717) is 16.7 Å². The second-order valence-corrected chi connectivity index (χ2v) is 8.10. The lowest BCUT2D eigenvalue weighted by molar-refractivity contribution is -0.232. The fourth-order valence-electron chi connectivity index (χ4n) is 4.33. The van der Waals surface area contributed by atoms with Gasteiger partial charge in [-0.3, -0.25) is 0 Å². The third kappa shape index (κ3) is 4.36. The number of halogens is 1. The monoisotopic (exact) mass is 456 g/mol. The summed E-state index contributed by atoms with van der Waals surface area (Å²) in [4.78, 5) is 12.5. The van der Waals surface area contributed by atoms with E-state index in [1.54, 1.807) is 6.07 Å². The fourth-order valence-corrected chi connectivity index (χ4v) is 4.33. The predicted octanol–water partition coefficient (Wildman–Crippen LogP) is 1.82. The molecular weight excluding hydrogens is 431 g/mol. The van der Waals surface area contributed by atoms with Crippen LogP contribution in [0.25, 0.3) is 11.1 Å². The summed E-state index contributed by atoms with van der Waals surface area (Å²) < 4.78 is 25.2. The standard InChI is InChI=1S/C25H25FO7/c1-32-25(31)20-15(11-14-5-3-2-4-6-16(14)20)9-13-7-8-18(26)17(10-13)24-23(30)22(29)21(28)19(12-27)33-24/h2-8,10-11,19,21-24,27-30H,9,12H2,1H3/t19-,21-,22+,23-,24+/m1/s1. The summed E-state index contributed by atoms with van der Waals surface area (Å²) in [5.41, 5.74) is 3.31. The van der Waals surface area contributed by atoms with Gasteiger partial charge in [0.2, 0.25) is 0 Å². The molecule has 1 aromatic carbocycles. The molecule has 1 heterocycles. The highest BCUT2D eigenvalue weighted by atomic mass is 19.1. The van der Waals surface area contributed by atoms with Gasteiger partial charge in [0.05, 0.1) is 19.3 Å². The zero-order chi connectivity index (χ0) is 23.7. The molecule has 2 aliphatic carbocycles. The van der Waals surface area contributed by atoms with Crippen molar-refractivity contribution in [3.05, 3.63) is 82.7 Å². The van der Waals surface area contributed by atoms with Gasteiger partial charge in [0.1, 0.15) is 36.3 Å². The molecule has 0 spiro atoms. The van der Waals surface area contributed by atoms with E-state index in [1.165, 1.54) is 19.2 Å². The topological polar surface area (TPSA) is 116 Å². The molecular formula is C25H25FO7. The van der Waals surface area contributed by atoms with Crippen molar-refractivity contribution in [3.63, 3.8) is 0 Å². The molecule has 1 saturated heterocycles. The van der Waals surface area contributed by atoms with E-state index in [9.17, 15) is 29.6 Å². The Morgan fingerprint density at radius 1 is 1.03 bits per heavy atom. The molecule has 0 saturated carbocycles. The minimum atomic E-state index is -1.61. The number of benzene rings is 1. The molecule has 1 aliphatic heterocycles. The van der Waals surface area contributed by atoms with Crippen molar-refractivity contribution in [3.8, 4) is 11.1 Å². The van der Waals surface area contributed by atoms with E-state index in [0.717, 1.165) is 11.1 Å². The predicted molar refractivity (Wildman–Crippen MR) is 116 cm³/mol. The second-order valence-electron chi connectivity index (χ2n) is 8.10. The number of fused-ring (bicyclic) bond motifs is 1. The molecule has 33 heavy (non-hydrogen) atoms. The minimum Gasteiger partial charge on any atom is -0.465 e. The number of rotatable bonds is 5. The number of carbonyl (C=O) groups is 1. The van der Waals surface area contributed by atoms with Crippen LogP contribution in [0.2, 0.25) is 0 Å². The van der Waals surface area contributed by atoms with E-state index < -0.39 is 48.9 Å². The van der Waals surface area contributed by atoms with Gasteiger partial charge in [-0.25, -0.2) is 9.18 Å². The average molecular weight is 456 g/mol. The maximum Gasteiger partial charge on any atom is 0.338 e. The molecule has 1 aromatic rings. The highest BCUT2D eigenvalue weighted by Crippen LogP contribution is 2.36. The van der Waals surface area contributed by atoms with Crippen LogP contribution in [0.15, 0.2) is 54.6 Å². The zero-order valence-corrected chi connectivity index (χ0v) is 17.9. The van der Waals surface area contributed by atoms with Gasteiger partial charge in [0, 0.05) is 5.56 Å². The van der Waals surface area contributed by atoms with Crippen LogP contribution < -0.4 is 0 Å². The number of ether oxygens (including phenoxy) is 2. The summed E-state index contributed by atoms with van der Waals surface area (Å²) in [7, 11) is 1.31. The lowest BCUT2D eigenvalue weighted by Gasteiger charge is -2.40. The van der Waals surface area contributed by atoms with Gasteiger partial charge < -0.3 is 29.9 Å². The molecule has 5 atom stereocenters. The Balaban J connectivity index is 1.72. The molecule has 4 N–H and O–H groups in total. The fraction of sp³-hybridized carbons (Fsp3) is 0.320.